The summed E-state index contributed by atoms with van der Waals surface area (Å²) in [6.07, 6.45) is 3.74. The lowest BCUT2D eigenvalue weighted by atomic mass is 10.1. The second kappa shape index (κ2) is 11.5. The molecule has 1 unspecified atom stereocenters. The molecule has 34 heavy (non-hydrogen) atoms. The number of fused-ring (bicyclic) bond motifs is 1. The topological polar surface area (TPSA) is 112 Å². The molecule has 0 radical (unpaired) electrons. The number of aromatic amines is 1. The fourth-order valence-electron chi connectivity index (χ4n) is 4.82. The minimum Gasteiger partial charge on any atom is -0.463 e. The molecule has 2 aromatic rings. The first-order valence-corrected chi connectivity index (χ1v) is 12.7. The molecule has 0 bridgehead atoms. The van der Waals surface area contributed by atoms with Crippen molar-refractivity contribution >= 4 is 17.0 Å². The van der Waals surface area contributed by atoms with Crippen LogP contribution in [-0.2, 0) is 0 Å². The maximum atomic E-state index is 13.2. The van der Waals surface area contributed by atoms with Crippen LogP contribution in [0.1, 0.15) is 38.8 Å². The van der Waals surface area contributed by atoms with Crippen LogP contribution in [0.15, 0.2) is 4.79 Å². The van der Waals surface area contributed by atoms with Crippen LogP contribution < -0.4 is 16.2 Å². The third-order valence-electron chi connectivity index (χ3n) is 7.10. The van der Waals surface area contributed by atoms with Gasteiger partial charge in [0, 0.05) is 52.4 Å². The molecule has 0 saturated carbocycles. The number of nitrogens with one attached hydrogen (secondary N) is 1. The number of hydrogen-bond donors (Lipinski definition) is 2. The molecule has 4 heterocycles. The first kappa shape index (κ1) is 24.9. The van der Waals surface area contributed by atoms with Gasteiger partial charge in [0.2, 0.25) is 0 Å². The zero-order valence-electron chi connectivity index (χ0n) is 21.0. The largest absolute Gasteiger partial charge is 0.463 e. The average molecular weight is 476 g/mol. The van der Waals surface area contributed by atoms with Crippen molar-refractivity contribution in [3.63, 3.8) is 0 Å². The van der Waals surface area contributed by atoms with Crippen LogP contribution in [0, 0.1) is 0 Å². The fourth-order valence-corrected chi connectivity index (χ4v) is 4.82. The monoisotopic (exact) mass is 475 g/mol. The van der Waals surface area contributed by atoms with Gasteiger partial charge >= 0.3 is 11.7 Å². The molecule has 2 aliphatic rings. The van der Waals surface area contributed by atoms with Gasteiger partial charge < -0.3 is 30.2 Å². The van der Waals surface area contributed by atoms with Crippen LogP contribution in [0.2, 0.25) is 0 Å². The van der Waals surface area contributed by atoms with Gasteiger partial charge in [0.1, 0.15) is 5.52 Å². The van der Waals surface area contributed by atoms with Crippen LogP contribution in [0.5, 0.6) is 6.01 Å². The zero-order valence-corrected chi connectivity index (χ0v) is 21.0. The molecule has 2 saturated heterocycles. The van der Waals surface area contributed by atoms with Crippen LogP contribution in [0.3, 0.4) is 0 Å². The third kappa shape index (κ3) is 5.88. The molecule has 2 aromatic heterocycles. The highest BCUT2D eigenvalue weighted by molar-refractivity contribution is 5.82. The van der Waals surface area contributed by atoms with Crippen molar-refractivity contribution in [2.24, 2.45) is 0 Å². The average Bonchev–Trinajstić information content (AvgIpc) is 3.15. The van der Waals surface area contributed by atoms with Gasteiger partial charge in [0.25, 0.3) is 0 Å². The van der Waals surface area contributed by atoms with E-state index in [1.54, 1.807) is 4.57 Å². The fraction of sp³-hybridized carbons (Fsp3) is 0.783. The van der Waals surface area contributed by atoms with Gasteiger partial charge in [-0.05, 0) is 39.9 Å². The third-order valence-corrected chi connectivity index (χ3v) is 7.10. The molecule has 190 valence electrons. The number of hydrogen-bond acceptors (Lipinski definition) is 9. The van der Waals surface area contributed by atoms with Gasteiger partial charge in [-0.3, -0.25) is 9.47 Å². The predicted octanol–water partition coefficient (Wildman–Crippen LogP) is 0.654. The Labute approximate surface area is 201 Å². The lowest BCUT2D eigenvalue weighted by Gasteiger charge is -2.38. The molecule has 1 atom stereocenters. The number of nitrogens with zero attached hydrogens (tertiary/aromatic N) is 7. The summed E-state index contributed by atoms with van der Waals surface area (Å²) in [5.41, 5.74) is 7.04. The Morgan fingerprint density at radius 1 is 1.00 bits per heavy atom. The lowest BCUT2D eigenvalue weighted by Crippen LogP contribution is -2.49. The number of piperazine rings is 2. The van der Waals surface area contributed by atoms with Crippen molar-refractivity contribution in [2.45, 2.75) is 38.8 Å². The van der Waals surface area contributed by atoms with Gasteiger partial charge in [-0.2, -0.15) is 9.97 Å². The highest BCUT2D eigenvalue weighted by Crippen LogP contribution is 2.26. The molecule has 11 heteroatoms. The van der Waals surface area contributed by atoms with Gasteiger partial charge in [0.05, 0.1) is 12.8 Å². The molecule has 0 spiro atoms. The number of nitrogens with two attached hydrogens (primary N) is 1. The zero-order chi connectivity index (χ0) is 24.1. The van der Waals surface area contributed by atoms with E-state index in [0.29, 0.717) is 17.8 Å². The Bertz CT molecular complexity index is 975. The number of unbranched alkanes of at least 4 members (excludes halogenated alkanes) is 1. The van der Waals surface area contributed by atoms with Crippen molar-refractivity contribution in [3.05, 3.63) is 10.5 Å². The summed E-state index contributed by atoms with van der Waals surface area (Å²) in [7, 11) is 4.32. The maximum Gasteiger partial charge on any atom is 0.329 e. The quantitative estimate of drug-likeness (QED) is 0.479. The van der Waals surface area contributed by atoms with E-state index >= 15 is 0 Å². The number of H-pyrrole nitrogens is 1. The van der Waals surface area contributed by atoms with Crippen LogP contribution in [0.4, 0.5) is 5.82 Å². The summed E-state index contributed by atoms with van der Waals surface area (Å²) in [5, 5.41) is 0. The Morgan fingerprint density at radius 3 is 2.35 bits per heavy atom. The van der Waals surface area contributed by atoms with Crippen molar-refractivity contribution in [3.8, 4) is 6.01 Å². The molecule has 0 aromatic carbocycles. The van der Waals surface area contributed by atoms with Crippen molar-refractivity contribution in [2.75, 3.05) is 85.3 Å². The number of imidazole rings is 1. The normalized spacial score (nSPS) is 20.2. The minimum absolute atomic E-state index is 0.0831. The maximum absolute atomic E-state index is 13.2. The minimum atomic E-state index is -0.190. The van der Waals surface area contributed by atoms with Gasteiger partial charge in [0.15, 0.2) is 11.5 Å². The summed E-state index contributed by atoms with van der Waals surface area (Å²) in [6.45, 7) is 11.9. The smallest absolute Gasteiger partial charge is 0.329 e. The Kier molecular flexibility index (Phi) is 8.41. The molecular formula is C23H41N9O2. The first-order valence-electron chi connectivity index (χ1n) is 12.7. The summed E-state index contributed by atoms with van der Waals surface area (Å²) in [4.78, 5) is 34.7. The number of aromatic nitrogens is 4. The number of likely N-dealkylation sites (N-methyl/N-ethyl adjacent to an activating group) is 2. The summed E-state index contributed by atoms with van der Waals surface area (Å²) in [5.74, 6) is 0.252. The SMILES string of the molecule is CCCCOc1nc(N)c2[nH]c(=O)n(C(CCCN3CCN(C)CC3)N3CCN(C)CC3)c2n1. The van der Waals surface area contributed by atoms with Gasteiger partial charge in [-0.15, -0.1) is 0 Å². The molecule has 3 N–H and O–H groups in total. The first-order chi connectivity index (χ1) is 16.5. The van der Waals surface area contributed by atoms with E-state index in [9.17, 15) is 4.79 Å². The second-order valence-electron chi connectivity index (χ2n) is 9.70. The van der Waals surface area contributed by atoms with E-state index in [1.165, 1.54) is 0 Å². The predicted molar refractivity (Wildman–Crippen MR) is 134 cm³/mol. The molecular weight excluding hydrogens is 434 g/mol. The summed E-state index contributed by atoms with van der Waals surface area (Å²) in [6, 6.07) is 0.237. The second-order valence-corrected chi connectivity index (χ2v) is 9.70. The molecule has 0 amide bonds. The van der Waals surface area contributed by atoms with Crippen LogP contribution in [-0.4, -0.2) is 119 Å². The molecule has 2 aliphatic heterocycles. The highest BCUT2D eigenvalue weighted by atomic mass is 16.5. The van der Waals surface area contributed by atoms with Crippen molar-refractivity contribution in [1.29, 1.82) is 0 Å². The Morgan fingerprint density at radius 2 is 1.68 bits per heavy atom. The van der Waals surface area contributed by atoms with E-state index in [-0.39, 0.29) is 23.7 Å². The number of rotatable bonds is 10. The number of ether oxygens (including phenoxy) is 1. The molecule has 0 aliphatic carbocycles. The van der Waals surface area contributed by atoms with Gasteiger partial charge in [-0.25, -0.2) is 4.79 Å². The Hall–Kier alpha value is -2.21. The van der Waals surface area contributed by atoms with E-state index in [0.717, 1.165) is 84.6 Å². The van der Waals surface area contributed by atoms with Crippen molar-refractivity contribution in [1.82, 2.24) is 39.1 Å². The number of nitrogen functional groups attached to an aromatic ring is 1. The number of anilines is 1. The molecule has 4 rings (SSSR count). The van der Waals surface area contributed by atoms with E-state index in [4.69, 9.17) is 10.5 Å². The van der Waals surface area contributed by atoms with E-state index < -0.39 is 0 Å². The Balaban J connectivity index is 1.58. The summed E-state index contributed by atoms with van der Waals surface area (Å²) >= 11 is 0. The molecule has 11 nitrogen and oxygen atoms in total. The molecule has 2 fully saturated rings. The lowest BCUT2D eigenvalue weighted by molar-refractivity contribution is 0.0657. The van der Waals surface area contributed by atoms with Crippen molar-refractivity contribution < 1.29 is 4.74 Å². The summed E-state index contributed by atoms with van der Waals surface area (Å²) < 4.78 is 7.53. The van der Waals surface area contributed by atoms with Crippen LogP contribution >= 0.6 is 0 Å². The van der Waals surface area contributed by atoms with E-state index in [1.807, 2.05) is 0 Å². The van der Waals surface area contributed by atoms with Crippen LogP contribution in [0.25, 0.3) is 11.2 Å². The van der Waals surface area contributed by atoms with E-state index in [2.05, 4.69) is 55.6 Å². The van der Waals surface area contributed by atoms with Gasteiger partial charge in [-0.1, -0.05) is 13.3 Å². The highest BCUT2D eigenvalue weighted by Gasteiger charge is 2.28. The standard InChI is InChI=1S/C23H41N9O2/c1-4-5-17-34-22-26-20(24)19-21(27-22)32(23(33)25-19)18(31-15-11-29(3)12-16-31)7-6-8-30-13-9-28(2)10-14-30/h18H,4-17H2,1-3H3,(H,25,33)(H2,24,26,27).